The average Bonchev–Trinajstić information content (AvgIpc) is 4.15. The maximum Gasteiger partial charge on any atom is 0.246 e. The minimum atomic E-state index is -0.792. The third kappa shape index (κ3) is 13.1. The van der Waals surface area contributed by atoms with Crippen LogP contribution < -0.4 is 31.9 Å². The number of likely N-dealkylation sites (N-methyl/N-ethyl adjacent to an activating group) is 2. The highest BCUT2D eigenvalue weighted by molar-refractivity contribution is 5.95. The lowest BCUT2D eigenvalue weighted by molar-refractivity contribution is -0.144. The zero-order chi connectivity index (χ0) is 50.9. The Kier molecular flexibility index (Phi) is 18.7. The smallest absolute Gasteiger partial charge is 0.246 e. The van der Waals surface area contributed by atoms with Crippen LogP contribution in [-0.2, 0) is 51.1 Å². The van der Waals surface area contributed by atoms with E-state index in [1.165, 1.54) is 0 Å². The number of hydrogen-bond acceptors (Lipinski definition) is 10. The number of carbonyl (C=O) groups excluding carboxylic acids is 6. The molecule has 0 bridgehead atoms. The number of nitrogens with one attached hydrogen (secondary N) is 6. The molecule has 0 radical (unpaired) electrons. The molecular weight excluding hydrogens is 889 g/mol. The second-order valence-corrected chi connectivity index (χ2v) is 22.0. The predicted molar refractivity (Wildman–Crippen MR) is 269 cm³/mol. The molecule has 0 aromatic heterocycles. The number of amides is 6. The van der Waals surface area contributed by atoms with Gasteiger partial charge in [-0.3, -0.25) is 28.8 Å². The van der Waals surface area contributed by atoms with Gasteiger partial charge in [-0.2, -0.15) is 0 Å². The molecule has 6 rings (SSSR count). The van der Waals surface area contributed by atoms with Crippen molar-refractivity contribution in [3.8, 4) is 0 Å². The van der Waals surface area contributed by atoms with Crippen molar-refractivity contribution in [3.05, 3.63) is 70.8 Å². The van der Waals surface area contributed by atoms with Gasteiger partial charge in [0.1, 0.15) is 24.2 Å². The summed E-state index contributed by atoms with van der Waals surface area (Å²) in [5.41, 5.74) is 3.19. The quantitative estimate of drug-likeness (QED) is 0.0976. The number of hydrogen-bond donors (Lipinski definition) is 6. The maximum absolute atomic E-state index is 14.1. The summed E-state index contributed by atoms with van der Waals surface area (Å²) in [6.07, 6.45) is 6.85. The van der Waals surface area contributed by atoms with E-state index in [0.29, 0.717) is 64.8 Å². The van der Waals surface area contributed by atoms with Crippen molar-refractivity contribution < 1.29 is 38.2 Å². The van der Waals surface area contributed by atoms with Crippen LogP contribution in [0.5, 0.6) is 0 Å². The Balaban J connectivity index is 0.984. The first-order valence-electron chi connectivity index (χ1n) is 25.8. The lowest BCUT2D eigenvalue weighted by Crippen LogP contribution is -2.59. The van der Waals surface area contributed by atoms with E-state index in [2.05, 4.69) is 44.0 Å². The zero-order valence-electron chi connectivity index (χ0n) is 43.5. The Labute approximate surface area is 416 Å². The molecule has 6 N–H and O–H groups in total. The summed E-state index contributed by atoms with van der Waals surface area (Å²) in [7, 11) is 3.40. The highest BCUT2D eigenvalue weighted by Crippen LogP contribution is 2.36. The number of likely N-dealkylation sites (tertiary alicyclic amines) is 2. The standard InChI is InChI=1S/C54H82N8O8/c1-33(55-9)47(63)59-45(53(3,4)5)51(67)61-27-19-25-39(61)49(65)57-43-37-23-15-13-21-35(37)31-41(43)69-29-17-11-12-18-30-70-42-32-36-22-14-16-24-38(36)44(42)58-50(66)40-26-20-28-62(40)52(68)46(54(6,7)8)60-48(64)34(2)56-10/h13-16,21-24,33-34,39-46,55-56H,11-12,17-20,25-32H2,1-10H3,(H,57,65)(H,58,66)(H,59,63)(H,60,64)/t33-,34-,39-,40-,41-,42-,43-,44-,45+,46+/m0/s1. The van der Waals surface area contributed by atoms with Crippen LogP contribution >= 0.6 is 0 Å². The van der Waals surface area contributed by atoms with Crippen LogP contribution in [0.4, 0.5) is 0 Å². The summed E-state index contributed by atoms with van der Waals surface area (Å²) in [6, 6.07) is 11.7. The van der Waals surface area contributed by atoms with Crippen molar-refractivity contribution in [2.75, 3.05) is 40.4 Å². The Morgan fingerprint density at radius 2 is 0.957 bits per heavy atom. The maximum atomic E-state index is 14.1. The van der Waals surface area contributed by atoms with Gasteiger partial charge in [0.2, 0.25) is 35.4 Å². The second-order valence-electron chi connectivity index (χ2n) is 22.0. The molecule has 2 heterocycles. The third-order valence-corrected chi connectivity index (χ3v) is 14.8. The fraction of sp³-hybridized carbons (Fsp3) is 0.667. The van der Waals surface area contributed by atoms with Gasteiger partial charge in [-0.15, -0.1) is 0 Å². The van der Waals surface area contributed by atoms with Crippen LogP contribution in [0.3, 0.4) is 0 Å². The molecule has 16 nitrogen and oxygen atoms in total. The number of fused-ring (bicyclic) bond motifs is 2. The molecule has 6 amide bonds. The molecule has 2 fully saturated rings. The number of unbranched alkanes of at least 4 members (excludes halogenated alkanes) is 3. The summed E-state index contributed by atoms with van der Waals surface area (Å²) >= 11 is 0. The monoisotopic (exact) mass is 971 g/mol. The number of rotatable bonds is 21. The Hall–Kier alpha value is -4.90. The molecule has 386 valence electrons. The molecule has 2 aliphatic carbocycles. The van der Waals surface area contributed by atoms with E-state index in [4.69, 9.17) is 9.47 Å². The predicted octanol–water partition coefficient (Wildman–Crippen LogP) is 4.40. The summed E-state index contributed by atoms with van der Waals surface area (Å²) in [6.45, 7) is 17.0. The Morgan fingerprint density at radius 1 is 0.586 bits per heavy atom. The van der Waals surface area contributed by atoms with Crippen molar-refractivity contribution in [2.24, 2.45) is 10.8 Å². The Morgan fingerprint density at radius 3 is 1.31 bits per heavy atom. The molecule has 0 unspecified atom stereocenters. The third-order valence-electron chi connectivity index (χ3n) is 14.8. The van der Waals surface area contributed by atoms with E-state index in [-0.39, 0.29) is 59.7 Å². The molecule has 70 heavy (non-hydrogen) atoms. The van der Waals surface area contributed by atoms with Crippen molar-refractivity contribution in [1.29, 1.82) is 0 Å². The lowest BCUT2D eigenvalue weighted by atomic mass is 9.85. The van der Waals surface area contributed by atoms with Crippen LogP contribution in [0.15, 0.2) is 48.5 Å². The first kappa shape index (κ1) is 54.4. The molecule has 2 aliphatic heterocycles. The molecule has 4 aliphatic rings. The van der Waals surface area contributed by atoms with Gasteiger partial charge in [0.25, 0.3) is 0 Å². The average molecular weight is 971 g/mol. The van der Waals surface area contributed by atoms with E-state index in [1.807, 2.05) is 77.9 Å². The molecular formula is C54H82N8O8. The summed E-state index contributed by atoms with van der Waals surface area (Å²) in [5, 5.41) is 18.3. The van der Waals surface area contributed by atoms with Crippen molar-refractivity contribution in [3.63, 3.8) is 0 Å². The van der Waals surface area contributed by atoms with Crippen LogP contribution in [0.25, 0.3) is 0 Å². The van der Waals surface area contributed by atoms with E-state index < -0.39 is 47.1 Å². The fourth-order valence-electron chi connectivity index (χ4n) is 10.3. The van der Waals surface area contributed by atoms with Crippen molar-refractivity contribution in [1.82, 2.24) is 41.7 Å². The summed E-state index contributed by atoms with van der Waals surface area (Å²) in [5.74, 6) is -1.45. The second kappa shape index (κ2) is 24.0. The molecule has 0 spiro atoms. The Bertz CT molecular complexity index is 2010. The van der Waals surface area contributed by atoms with Gasteiger partial charge in [0.05, 0.1) is 36.4 Å². The van der Waals surface area contributed by atoms with Crippen molar-refractivity contribution >= 4 is 35.4 Å². The van der Waals surface area contributed by atoms with E-state index >= 15 is 0 Å². The van der Waals surface area contributed by atoms with Crippen LogP contribution in [-0.4, -0.2) is 134 Å². The largest absolute Gasteiger partial charge is 0.375 e. The molecule has 16 heteroatoms. The van der Waals surface area contributed by atoms with Crippen LogP contribution in [0.2, 0.25) is 0 Å². The van der Waals surface area contributed by atoms with Crippen molar-refractivity contribution in [2.45, 2.75) is 180 Å². The van der Waals surface area contributed by atoms with Gasteiger partial charge in [-0.25, -0.2) is 0 Å². The highest BCUT2D eigenvalue weighted by atomic mass is 16.5. The molecule has 10 atom stereocenters. The first-order chi connectivity index (χ1) is 33.2. The van der Waals surface area contributed by atoms with Crippen LogP contribution in [0.1, 0.15) is 141 Å². The van der Waals surface area contributed by atoms with E-state index in [0.717, 1.165) is 47.9 Å². The first-order valence-corrected chi connectivity index (χ1v) is 25.8. The normalized spacial score (nSPS) is 23.7. The molecule has 2 aromatic rings. The summed E-state index contributed by atoms with van der Waals surface area (Å²) in [4.78, 5) is 85.5. The molecule has 2 saturated heterocycles. The number of carbonyl (C=O) groups is 6. The van der Waals surface area contributed by atoms with Crippen LogP contribution in [0, 0.1) is 10.8 Å². The van der Waals surface area contributed by atoms with E-state index in [1.54, 1.807) is 37.7 Å². The van der Waals surface area contributed by atoms with Gasteiger partial charge in [0.15, 0.2) is 0 Å². The minimum absolute atomic E-state index is 0.210. The summed E-state index contributed by atoms with van der Waals surface area (Å²) < 4.78 is 13.1. The van der Waals surface area contributed by atoms with Gasteiger partial charge >= 0.3 is 0 Å². The topological polar surface area (TPSA) is 200 Å². The number of benzene rings is 2. The van der Waals surface area contributed by atoms with Gasteiger partial charge in [-0.05, 0) is 99.6 Å². The molecule has 2 aromatic carbocycles. The van der Waals surface area contributed by atoms with Gasteiger partial charge < -0.3 is 51.2 Å². The minimum Gasteiger partial charge on any atom is -0.375 e. The van der Waals surface area contributed by atoms with E-state index in [9.17, 15) is 28.8 Å². The zero-order valence-corrected chi connectivity index (χ0v) is 43.5. The number of ether oxygens (including phenoxy) is 2. The highest BCUT2D eigenvalue weighted by Gasteiger charge is 2.46. The molecule has 0 saturated carbocycles. The lowest BCUT2D eigenvalue weighted by Gasteiger charge is -2.36. The van der Waals surface area contributed by atoms with Gasteiger partial charge in [-0.1, -0.05) is 103 Å². The van der Waals surface area contributed by atoms with Gasteiger partial charge in [0, 0.05) is 39.1 Å². The number of nitrogens with zero attached hydrogens (tertiary/aromatic N) is 2. The fourth-order valence-corrected chi connectivity index (χ4v) is 10.3. The SMILES string of the molecule is CN[C@@H](C)C(=O)N[C@H](C(=O)N1CCC[C@H]1C(=O)N[C@H]1c2ccccc2C[C@@H]1OCCCCCCO[C@H]1Cc2ccccc2[C@@H]1NC(=O)[C@@H]1CCCN1C(=O)[C@@H](NC(=O)[C@H](C)NC)C(C)(C)C)C(C)(C)C.